The zero-order chi connectivity index (χ0) is 17.7. The Hall–Kier alpha value is -0.880. The summed E-state index contributed by atoms with van der Waals surface area (Å²) in [6.45, 7) is 1.95. The van der Waals surface area contributed by atoms with Crippen LogP contribution in [0.3, 0.4) is 0 Å². The third kappa shape index (κ3) is 7.10. The number of nitrogens with one attached hydrogen (secondary N) is 3. The van der Waals surface area contributed by atoms with E-state index in [0.717, 1.165) is 15.7 Å². The first-order chi connectivity index (χ1) is 11.3. The molecule has 1 aliphatic heterocycles. The van der Waals surface area contributed by atoms with E-state index < -0.39 is 9.84 Å². The lowest BCUT2D eigenvalue weighted by atomic mass is 10.2. The van der Waals surface area contributed by atoms with Crippen molar-refractivity contribution in [1.29, 1.82) is 0 Å². The van der Waals surface area contributed by atoms with Crippen molar-refractivity contribution in [1.82, 2.24) is 10.6 Å². The van der Waals surface area contributed by atoms with Gasteiger partial charge in [-0.15, -0.1) is 24.0 Å². The second kappa shape index (κ2) is 9.72. The second-order valence-corrected chi connectivity index (χ2v) is 8.82. The van der Waals surface area contributed by atoms with Crippen molar-refractivity contribution in [3.63, 3.8) is 0 Å². The minimum absolute atomic E-state index is 0. The Balaban J connectivity index is 0.00000312. The first-order valence-corrected chi connectivity index (χ1v) is 10.1. The zero-order valence-electron chi connectivity index (χ0n) is 14.0. The number of hydrogen-bond acceptors (Lipinski definition) is 4. The number of aliphatic imine (C=N–C) groups is 1. The monoisotopic (exact) mass is 544 g/mol. The van der Waals surface area contributed by atoms with Crippen LogP contribution in [0.2, 0.25) is 0 Å². The summed E-state index contributed by atoms with van der Waals surface area (Å²) in [5, 5.41) is 8.76. The molecule has 0 bridgehead atoms. The van der Waals surface area contributed by atoms with E-state index in [1.807, 2.05) is 25.1 Å². The molecule has 1 aromatic carbocycles. The summed E-state index contributed by atoms with van der Waals surface area (Å²) < 4.78 is 23.8. The van der Waals surface area contributed by atoms with Gasteiger partial charge in [0, 0.05) is 23.2 Å². The summed E-state index contributed by atoms with van der Waals surface area (Å²) in [6.07, 6.45) is 0.548. The van der Waals surface area contributed by atoms with Crippen LogP contribution in [-0.2, 0) is 14.6 Å². The van der Waals surface area contributed by atoms with Crippen LogP contribution >= 0.6 is 39.9 Å². The smallest absolute Gasteiger partial charge is 0.243 e. The topological polar surface area (TPSA) is 99.7 Å². The molecular weight excluding hydrogens is 523 g/mol. The number of anilines is 1. The fourth-order valence-corrected chi connectivity index (χ4v) is 4.42. The number of hydrogen-bond donors (Lipinski definition) is 3. The fourth-order valence-electron chi connectivity index (χ4n) is 2.38. The molecule has 1 aromatic rings. The Morgan fingerprint density at radius 3 is 2.72 bits per heavy atom. The molecule has 2 rings (SSSR count). The summed E-state index contributed by atoms with van der Waals surface area (Å²) in [6, 6.07) is 5.49. The van der Waals surface area contributed by atoms with E-state index in [1.165, 1.54) is 0 Å². The van der Waals surface area contributed by atoms with E-state index in [0.29, 0.717) is 12.4 Å². The zero-order valence-corrected chi connectivity index (χ0v) is 18.7. The van der Waals surface area contributed by atoms with Crippen LogP contribution in [0.5, 0.6) is 0 Å². The van der Waals surface area contributed by atoms with Crippen molar-refractivity contribution >= 4 is 67.3 Å². The Morgan fingerprint density at radius 2 is 2.12 bits per heavy atom. The van der Waals surface area contributed by atoms with Gasteiger partial charge < -0.3 is 16.0 Å². The molecule has 0 aliphatic carbocycles. The highest BCUT2D eigenvalue weighted by atomic mass is 127. The number of rotatable bonds is 4. The maximum atomic E-state index is 12.1. The number of amides is 1. The molecule has 10 heteroatoms. The van der Waals surface area contributed by atoms with Crippen molar-refractivity contribution in [2.75, 3.05) is 30.4 Å². The first-order valence-electron chi connectivity index (χ1n) is 7.52. The molecule has 1 atom stereocenters. The average molecular weight is 545 g/mol. The lowest BCUT2D eigenvalue weighted by molar-refractivity contribution is -0.115. The van der Waals surface area contributed by atoms with Crippen molar-refractivity contribution in [2.24, 2.45) is 4.99 Å². The second-order valence-electron chi connectivity index (χ2n) is 5.68. The largest absolute Gasteiger partial charge is 0.353 e. The van der Waals surface area contributed by atoms with Gasteiger partial charge in [-0.1, -0.05) is 22.0 Å². The summed E-state index contributed by atoms with van der Waals surface area (Å²) in [5.41, 5.74) is 1.70. The highest BCUT2D eigenvalue weighted by molar-refractivity contribution is 14.0. The fraction of sp³-hybridized carbons (Fsp3) is 0.467. The Bertz CT molecular complexity index is 755. The first kappa shape index (κ1) is 22.2. The van der Waals surface area contributed by atoms with Gasteiger partial charge in [0.25, 0.3) is 0 Å². The lowest BCUT2D eigenvalue weighted by Gasteiger charge is -2.16. The predicted octanol–water partition coefficient (Wildman–Crippen LogP) is 1.67. The lowest BCUT2D eigenvalue weighted by Crippen LogP contribution is -2.46. The summed E-state index contributed by atoms with van der Waals surface area (Å²) >= 11 is 3.37. The van der Waals surface area contributed by atoms with Crippen molar-refractivity contribution in [2.45, 2.75) is 19.4 Å². The third-order valence-electron chi connectivity index (χ3n) is 3.69. The minimum atomic E-state index is -2.96. The Labute approximate surface area is 173 Å². The van der Waals surface area contributed by atoms with Crippen LogP contribution in [0.1, 0.15) is 12.0 Å². The number of carbonyl (C=O) groups excluding carboxylic acids is 1. The predicted molar refractivity (Wildman–Crippen MR) is 114 cm³/mol. The number of carbonyl (C=O) groups is 1. The van der Waals surface area contributed by atoms with Crippen LogP contribution in [0.4, 0.5) is 5.69 Å². The number of aryl methyl sites for hydroxylation is 1. The molecule has 0 radical (unpaired) electrons. The van der Waals surface area contributed by atoms with E-state index in [4.69, 9.17) is 0 Å². The van der Waals surface area contributed by atoms with Gasteiger partial charge in [0.05, 0.1) is 18.1 Å². The number of nitrogens with zero attached hydrogens (tertiary/aromatic N) is 1. The Morgan fingerprint density at radius 1 is 1.40 bits per heavy atom. The van der Waals surface area contributed by atoms with E-state index in [2.05, 4.69) is 36.9 Å². The van der Waals surface area contributed by atoms with E-state index in [9.17, 15) is 13.2 Å². The molecule has 140 valence electrons. The SMILES string of the molecule is CN=C(NCC(=O)Nc1cc(Br)ccc1C)NC1CCS(=O)(=O)C1.I. The van der Waals surface area contributed by atoms with Gasteiger partial charge >= 0.3 is 0 Å². The van der Waals surface area contributed by atoms with E-state index >= 15 is 0 Å². The van der Waals surface area contributed by atoms with Gasteiger partial charge in [0.1, 0.15) is 0 Å². The number of sulfone groups is 1. The molecule has 3 N–H and O–H groups in total. The van der Waals surface area contributed by atoms with Gasteiger partial charge in [-0.3, -0.25) is 9.79 Å². The maximum absolute atomic E-state index is 12.1. The minimum Gasteiger partial charge on any atom is -0.353 e. The van der Waals surface area contributed by atoms with Crippen molar-refractivity contribution in [3.05, 3.63) is 28.2 Å². The van der Waals surface area contributed by atoms with Gasteiger partial charge in [0.15, 0.2) is 15.8 Å². The molecule has 1 aliphatic rings. The third-order valence-corrected chi connectivity index (χ3v) is 5.95. The molecule has 1 fully saturated rings. The molecule has 1 saturated heterocycles. The molecule has 7 nitrogen and oxygen atoms in total. The van der Waals surface area contributed by atoms with Gasteiger partial charge in [-0.25, -0.2) is 8.42 Å². The van der Waals surface area contributed by atoms with Crippen molar-refractivity contribution in [3.8, 4) is 0 Å². The summed E-state index contributed by atoms with van der Waals surface area (Å²) in [5.74, 6) is 0.484. The van der Waals surface area contributed by atoms with Crippen LogP contribution in [0.15, 0.2) is 27.7 Å². The van der Waals surface area contributed by atoms with Crippen molar-refractivity contribution < 1.29 is 13.2 Å². The quantitative estimate of drug-likeness (QED) is 0.304. The van der Waals surface area contributed by atoms with E-state index in [1.54, 1.807) is 7.05 Å². The highest BCUT2D eigenvalue weighted by Crippen LogP contribution is 2.20. The molecule has 0 aromatic heterocycles. The van der Waals surface area contributed by atoms with Crippen LogP contribution in [0, 0.1) is 6.92 Å². The van der Waals surface area contributed by atoms with Crippen LogP contribution in [-0.4, -0.2) is 51.4 Å². The van der Waals surface area contributed by atoms with Gasteiger partial charge in [-0.2, -0.15) is 0 Å². The molecule has 1 unspecified atom stereocenters. The van der Waals surface area contributed by atoms with Gasteiger partial charge in [0.2, 0.25) is 5.91 Å². The van der Waals surface area contributed by atoms with Crippen LogP contribution < -0.4 is 16.0 Å². The van der Waals surface area contributed by atoms with Crippen LogP contribution in [0.25, 0.3) is 0 Å². The molecule has 25 heavy (non-hydrogen) atoms. The highest BCUT2D eigenvalue weighted by Gasteiger charge is 2.28. The molecule has 1 heterocycles. The summed E-state index contributed by atoms with van der Waals surface area (Å²) in [7, 11) is -1.38. The van der Waals surface area contributed by atoms with E-state index in [-0.39, 0.29) is 54.0 Å². The average Bonchev–Trinajstić information content (AvgIpc) is 2.86. The number of guanidine groups is 1. The summed E-state index contributed by atoms with van der Waals surface area (Å²) in [4.78, 5) is 16.1. The normalized spacial score (nSPS) is 19.0. The number of halogens is 2. The number of benzene rings is 1. The maximum Gasteiger partial charge on any atom is 0.243 e. The van der Waals surface area contributed by atoms with Gasteiger partial charge in [-0.05, 0) is 31.0 Å². The molecule has 0 spiro atoms. The molecular formula is C15H22BrIN4O3S. The Kier molecular flexibility index (Phi) is 8.61. The standard InChI is InChI=1S/C15H21BrN4O3S.HI/c1-10-3-4-11(16)7-13(10)20-14(21)8-18-15(17-2)19-12-5-6-24(22,23)9-12;/h3-4,7,12H,5-6,8-9H2,1-2H3,(H,20,21)(H2,17,18,19);1H. The molecule has 0 saturated carbocycles. The molecule has 1 amide bonds.